The predicted octanol–water partition coefficient (Wildman–Crippen LogP) is 6.52. The van der Waals surface area contributed by atoms with Crippen molar-refractivity contribution in [3.05, 3.63) is 0 Å². The average molecular weight is 310 g/mol. The molecule has 0 spiro atoms. The van der Waals surface area contributed by atoms with Crippen molar-refractivity contribution in [3.8, 4) is 0 Å². The van der Waals surface area contributed by atoms with Crippen LogP contribution in [0.4, 0.5) is 0 Å². The Morgan fingerprint density at radius 3 is 1.86 bits per heavy atom. The van der Waals surface area contributed by atoms with Gasteiger partial charge in [-0.3, -0.25) is 0 Å². The molecule has 1 aliphatic carbocycles. The Kier molecular flexibility index (Phi) is 10.4. The second kappa shape index (κ2) is 11.5. The quantitative estimate of drug-likeness (QED) is 0.559. The van der Waals surface area contributed by atoms with E-state index in [0.717, 1.165) is 23.8 Å². The Hall–Kier alpha value is -0.0400. The van der Waals surface area contributed by atoms with Gasteiger partial charge >= 0.3 is 0 Å². The molecule has 1 heterocycles. The molecule has 1 saturated heterocycles. The van der Waals surface area contributed by atoms with Gasteiger partial charge in [-0.1, -0.05) is 65.7 Å². The van der Waals surface area contributed by atoms with E-state index < -0.39 is 0 Å². The first-order valence-corrected chi connectivity index (χ1v) is 10.3. The standard InChI is InChI=1S/C11H23N.C10H20/c1-4-5-11-6-8-12(9-7-11)10(2)3;1-9(2)8-10-6-4-3-5-7-10/h10-11H,4-9H2,1-3H3;9-10H,3-8H2,1-2H3. The molecule has 1 saturated carbocycles. The maximum absolute atomic E-state index is 2.60. The fourth-order valence-corrected chi connectivity index (χ4v) is 4.26. The van der Waals surface area contributed by atoms with Crippen LogP contribution in [0.3, 0.4) is 0 Å². The molecule has 0 unspecified atom stereocenters. The molecular weight excluding hydrogens is 266 g/mol. The fourth-order valence-electron chi connectivity index (χ4n) is 4.26. The molecule has 2 rings (SSSR count). The topological polar surface area (TPSA) is 3.24 Å². The molecule has 0 bridgehead atoms. The van der Waals surface area contributed by atoms with Gasteiger partial charge in [0, 0.05) is 6.04 Å². The van der Waals surface area contributed by atoms with Crippen LogP contribution in [0, 0.1) is 17.8 Å². The van der Waals surface area contributed by atoms with E-state index in [2.05, 4.69) is 39.5 Å². The van der Waals surface area contributed by atoms with E-state index in [4.69, 9.17) is 0 Å². The van der Waals surface area contributed by atoms with E-state index in [0.29, 0.717) is 0 Å². The van der Waals surface area contributed by atoms with Crippen molar-refractivity contribution in [2.24, 2.45) is 17.8 Å². The van der Waals surface area contributed by atoms with Crippen LogP contribution in [0.5, 0.6) is 0 Å². The van der Waals surface area contributed by atoms with Crippen LogP contribution in [-0.2, 0) is 0 Å². The van der Waals surface area contributed by atoms with Gasteiger partial charge in [0.05, 0.1) is 0 Å². The number of hydrogen-bond donors (Lipinski definition) is 0. The van der Waals surface area contributed by atoms with Crippen molar-refractivity contribution in [3.63, 3.8) is 0 Å². The Balaban J connectivity index is 0.000000224. The molecule has 0 atom stereocenters. The van der Waals surface area contributed by atoms with Gasteiger partial charge in [0.2, 0.25) is 0 Å². The third-order valence-corrected chi connectivity index (χ3v) is 5.61. The first-order chi connectivity index (χ1) is 10.5. The summed E-state index contributed by atoms with van der Waals surface area (Å²) in [5, 5.41) is 0. The highest BCUT2D eigenvalue weighted by molar-refractivity contribution is 4.73. The minimum atomic E-state index is 0.757. The van der Waals surface area contributed by atoms with Crippen LogP contribution in [-0.4, -0.2) is 24.0 Å². The highest BCUT2D eigenvalue weighted by Crippen LogP contribution is 2.28. The molecule has 22 heavy (non-hydrogen) atoms. The number of likely N-dealkylation sites (tertiary alicyclic amines) is 1. The number of rotatable bonds is 5. The van der Waals surface area contributed by atoms with Gasteiger partial charge in [0.25, 0.3) is 0 Å². The first-order valence-electron chi connectivity index (χ1n) is 10.3. The molecule has 132 valence electrons. The predicted molar refractivity (Wildman–Crippen MR) is 100 cm³/mol. The molecule has 0 N–H and O–H groups in total. The lowest BCUT2D eigenvalue weighted by atomic mass is 9.84. The third kappa shape index (κ3) is 8.56. The van der Waals surface area contributed by atoms with Crippen LogP contribution in [0.1, 0.15) is 98.8 Å². The summed E-state index contributed by atoms with van der Waals surface area (Å²) >= 11 is 0. The molecule has 0 radical (unpaired) electrons. The first kappa shape index (κ1) is 20.0. The zero-order valence-electron chi connectivity index (χ0n) is 16.2. The molecule has 0 amide bonds. The van der Waals surface area contributed by atoms with E-state index in [1.165, 1.54) is 77.3 Å². The minimum absolute atomic E-state index is 0.757. The SMILES string of the molecule is CC(C)CC1CCCCC1.CCCC1CCN(C(C)C)CC1. The molecule has 0 aromatic rings. The molecule has 2 aliphatic rings. The second-order valence-electron chi connectivity index (χ2n) is 8.50. The van der Waals surface area contributed by atoms with Gasteiger partial charge in [-0.05, 0) is 64.0 Å². The highest BCUT2D eigenvalue weighted by atomic mass is 15.1. The van der Waals surface area contributed by atoms with Gasteiger partial charge in [-0.2, -0.15) is 0 Å². The summed E-state index contributed by atoms with van der Waals surface area (Å²) in [7, 11) is 0. The average Bonchev–Trinajstić information content (AvgIpc) is 2.49. The lowest BCUT2D eigenvalue weighted by Crippen LogP contribution is -2.38. The summed E-state index contributed by atoms with van der Waals surface area (Å²) in [6.45, 7) is 14.3. The zero-order chi connectivity index (χ0) is 16.4. The van der Waals surface area contributed by atoms with Gasteiger partial charge < -0.3 is 4.90 Å². The van der Waals surface area contributed by atoms with E-state index in [1.807, 2.05) is 0 Å². The van der Waals surface area contributed by atoms with Crippen LogP contribution in [0.2, 0.25) is 0 Å². The smallest absolute Gasteiger partial charge is 0.00385 e. The summed E-state index contributed by atoms with van der Waals surface area (Å²) in [6, 6.07) is 0.757. The lowest BCUT2D eigenvalue weighted by Gasteiger charge is -2.34. The summed E-state index contributed by atoms with van der Waals surface area (Å²) in [6.07, 6.45) is 14.7. The molecule has 0 aromatic heterocycles. The fraction of sp³-hybridized carbons (Fsp3) is 1.00. The summed E-state index contributed by atoms with van der Waals surface area (Å²) in [4.78, 5) is 2.60. The summed E-state index contributed by atoms with van der Waals surface area (Å²) < 4.78 is 0. The van der Waals surface area contributed by atoms with Crippen molar-refractivity contribution in [2.75, 3.05) is 13.1 Å². The van der Waals surface area contributed by atoms with Crippen molar-refractivity contribution < 1.29 is 0 Å². The number of nitrogens with zero attached hydrogens (tertiary/aromatic N) is 1. The molecular formula is C21H43N. The van der Waals surface area contributed by atoms with E-state index in [-0.39, 0.29) is 0 Å². The maximum atomic E-state index is 2.60. The van der Waals surface area contributed by atoms with Crippen LogP contribution < -0.4 is 0 Å². The van der Waals surface area contributed by atoms with Gasteiger partial charge in [0.1, 0.15) is 0 Å². The van der Waals surface area contributed by atoms with Crippen molar-refractivity contribution in [1.82, 2.24) is 4.90 Å². The number of piperidine rings is 1. The largest absolute Gasteiger partial charge is 0.301 e. The van der Waals surface area contributed by atoms with Crippen LogP contribution >= 0.6 is 0 Å². The highest BCUT2D eigenvalue weighted by Gasteiger charge is 2.19. The Morgan fingerprint density at radius 1 is 0.818 bits per heavy atom. The van der Waals surface area contributed by atoms with Gasteiger partial charge in [-0.25, -0.2) is 0 Å². The lowest BCUT2D eigenvalue weighted by molar-refractivity contribution is 0.145. The zero-order valence-corrected chi connectivity index (χ0v) is 16.2. The Bertz CT molecular complexity index is 245. The van der Waals surface area contributed by atoms with E-state index in [1.54, 1.807) is 0 Å². The van der Waals surface area contributed by atoms with Crippen LogP contribution in [0.15, 0.2) is 0 Å². The Morgan fingerprint density at radius 2 is 1.41 bits per heavy atom. The summed E-state index contributed by atoms with van der Waals surface area (Å²) in [5.41, 5.74) is 0. The molecule has 1 heteroatoms. The molecule has 1 aliphatic heterocycles. The van der Waals surface area contributed by atoms with Gasteiger partial charge in [-0.15, -0.1) is 0 Å². The molecule has 0 aromatic carbocycles. The van der Waals surface area contributed by atoms with Crippen molar-refractivity contribution in [2.45, 2.75) is 105 Å². The number of hydrogen-bond acceptors (Lipinski definition) is 1. The van der Waals surface area contributed by atoms with Crippen LogP contribution in [0.25, 0.3) is 0 Å². The maximum Gasteiger partial charge on any atom is 0.00385 e. The van der Waals surface area contributed by atoms with Crippen molar-refractivity contribution in [1.29, 1.82) is 0 Å². The minimum Gasteiger partial charge on any atom is -0.301 e. The van der Waals surface area contributed by atoms with Gasteiger partial charge in [0.15, 0.2) is 0 Å². The normalized spacial score (nSPS) is 22.0. The molecule has 2 fully saturated rings. The Labute approximate surface area is 141 Å². The third-order valence-electron chi connectivity index (χ3n) is 5.61. The summed E-state index contributed by atoms with van der Waals surface area (Å²) in [5.74, 6) is 3.03. The van der Waals surface area contributed by atoms with Crippen molar-refractivity contribution >= 4 is 0 Å². The molecule has 1 nitrogen and oxygen atoms in total. The monoisotopic (exact) mass is 309 g/mol. The van der Waals surface area contributed by atoms with E-state index >= 15 is 0 Å². The second-order valence-corrected chi connectivity index (χ2v) is 8.50. The van der Waals surface area contributed by atoms with E-state index in [9.17, 15) is 0 Å².